The van der Waals surface area contributed by atoms with Gasteiger partial charge in [-0.05, 0) is 35.7 Å². The van der Waals surface area contributed by atoms with Crippen molar-refractivity contribution in [2.24, 2.45) is 0 Å². The van der Waals surface area contributed by atoms with Crippen molar-refractivity contribution in [1.29, 1.82) is 0 Å². The summed E-state index contributed by atoms with van der Waals surface area (Å²) in [7, 11) is 0. The first-order valence-corrected chi connectivity index (χ1v) is 6.23. The molecule has 0 aliphatic heterocycles. The van der Waals surface area contributed by atoms with Gasteiger partial charge in [0.2, 0.25) is 0 Å². The summed E-state index contributed by atoms with van der Waals surface area (Å²) < 4.78 is 0. The van der Waals surface area contributed by atoms with E-state index in [1.165, 1.54) is 0 Å². The van der Waals surface area contributed by atoms with Crippen LogP contribution >= 0.6 is 0 Å². The maximum atomic E-state index is 8.78. The molecule has 2 rings (SSSR count). The molecule has 1 aromatic carbocycles. The van der Waals surface area contributed by atoms with Gasteiger partial charge in [0.15, 0.2) is 6.29 Å². The van der Waals surface area contributed by atoms with E-state index in [-0.39, 0.29) is 6.54 Å². The lowest BCUT2D eigenvalue weighted by Gasteiger charge is -2.08. The topological polar surface area (TPSA) is 65.4 Å². The number of aliphatic hydroxyl groups is 2. The van der Waals surface area contributed by atoms with Crippen molar-refractivity contribution in [3.8, 4) is 11.1 Å². The summed E-state index contributed by atoms with van der Waals surface area (Å²) in [6.07, 6.45) is 2.36. The molecule has 4 nitrogen and oxygen atoms in total. The highest BCUT2D eigenvalue weighted by Gasteiger charge is 2.01. The van der Waals surface area contributed by atoms with Gasteiger partial charge in [-0.25, -0.2) is 0 Å². The molecule has 1 aromatic heterocycles. The summed E-state index contributed by atoms with van der Waals surface area (Å²) in [4.78, 5) is 4.19. The summed E-state index contributed by atoms with van der Waals surface area (Å²) in [5, 5.41) is 20.5. The number of hydrogen-bond acceptors (Lipinski definition) is 4. The van der Waals surface area contributed by atoms with Crippen molar-refractivity contribution in [2.45, 2.75) is 19.8 Å². The molecule has 1 heterocycles. The Morgan fingerprint density at radius 3 is 2.74 bits per heavy atom. The van der Waals surface area contributed by atoms with Crippen LogP contribution in [-0.2, 0) is 6.54 Å². The van der Waals surface area contributed by atoms with Crippen molar-refractivity contribution >= 4 is 0 Å². The fourth-order valence-electron chi connectivity index (χ4n) is 1.92. The second-order valence-electron chi connectivity index (χ2n) is 4.56. The van der Waals surface area contributed by atoms with Gasteiger partial charge in [-0.2, -0.15) is 0 Å². The Balaban J connectivity index is 2.11. The van der Waals surface area contributed by atoms with Crippen LogP contribution in [0.1, 0.15) is 11.1 Å². The van der Waals surface area contributed by atoms with Crippen molar-refractivity contribution in [2.75, 3.05) is 6.54 Å². The third-order valence-corrected chi connectivity index (χ3v) is 2.79. The first-order valence-electron chi connectivity index (χ1n) is 6.23. The van der Waals surface area contributed by atoms with Gasteiger partial charge < -0.3 is 15.5 Å². The van der Waals surface area contributed by atoms with Gasteiger partial charge in [0.1, 0.15) is 0 Å². The summed E-state index contributed by atoms with van der Waals surface area (Å²) in [5.41, 5.74) is 4.42. The SMILES string of the molecule is Cc1cncc(-c2cccc(CNCC(O)O)c2)c1. The number of hydrogen-bond donors (Lipinski definition) is 3. The highest BCUT2D eigenvalue weighted by molar-refractivity contribution is 5.63. The van der Waals surface area contributed by atoms with Crippen LogP contribution in [0.3, 0.4) is 0 Å². The second-order valence-corrected chi connectivity index (χ2v) is 4.56. The molecular formula is C15H18N2O2. The van der Waals surface area contributed by atoms with Crippen molar-refractivity contribution in [3.05, 3.63) is 53.9 Å². The van der Waals surface area contributed by atoms with E-state index in [1.54, 1.807) is 0 Å². The molecule has 2 aromatic rings. The fourth-order valence-corrected chi connectivity index (χ4v) is 1.92. The molecule has 0 spiro atoms. The van der Waals surface area contributed by atoms with Gasteiger partial charge in [-0.15, -0.1) is 0 Å². The third-order valence-electron chi connectivity index (χ3n) is 2.79. The Labute approximate surface area is 112 Å². The van der Waals surface area contributed by atoms with Crippen LogP contribution in [0.5, 0.6) is 0 Å². The Morgan fingerprint density at radius 2 is 2.00 bits per heavy atom. The molecule has 0 aliphatic carbocycles. The lowest BCUT2D eigenvalue weighted by molar-refractivity contribution is -0.0373. The summed E-state index contributed by atoms with van der Waals surface area (Å²) >= 11 is 0. The monoisotopic (exact) mass is 258 g/mol. The van der Waals surface area contributed by atoms with E-state index >= 15 is 0 Å². The number of nitrogens with zero attached hydrogens (tertiary/aromatic N) is 1. The van der Waals surface area contributed by atoms with Crippen molar-refractivity contribution in [1.82, 2.24) is 10.3 Å². The van der Waals surface area contributed by atoms with Crippen LogP contribution in [0.4, 0.5) is 0 Å². The molecule has 0 amide bonds. The number of aromatic nitrogens is 1. The Bertz CT molecular complexity index is 541. The van der Waals surface area contributed by atoms with Crippen LogP contribution in [0, 0.1) is 6.92 Å². The number of nitrogens with one attached hydrogen (secondary N) is 1. The average molecular weight is 258 g/mol. The van der Waals surface area contributed by atoms with Gasteiger partial charge >= 0.3 is 0 Å². The first-order chi connectivity index (χ1) is 9.15. The number of aryl methyl sites for hydroxylation is 1. The molecule has 100 valence electrons. The lowest BCUT2D eigenvalue weighted by atomic mass is 10.0. The zero-order valence-electron chi connectivity index (χ0n) is 10.9. The standard InChI is InChI=1S/C15H18N2O2/c1-11-5-14(9-16-7-11)13-4-2-3-12(6-13)8-17-10-15(18)19/h2-7,9,15,17-19H,8,10H2,1H3. The van der Waals surface area contributed by atoms with Gasteiger partial charge in [0, 0.05) is 31.0 Å². The average Bonchev–Trinajstić information content (AvgIpc) is 2.39. The molecule has 3 N–H and O–H groups in total. The molecule has 0 saturated carbocycles. The number of benzene rings is 1. The van der Waals surface area contributed by atoms with E-state index in [4.69, 9.17) is 10.2 Å². The molecular weight excluding hydrogens is 240 g/mol. The molecule has 4 heteroatoms. The minimum atomic E-state index is -1.32. The van der Waals surface area contributed by atoms with Crippen LogP contribution in [0.15, 0.2) is 42.7 Å². The van der Waals surface area contributed by atoms with E-state index < -0.39 is 6.29 Å². The largest absolute Gasteiger partial charge is 0.367 e. The zero-order chi connectivity index (χ0) is 13.7. The minimum absolute atomic E-state index is 0.163. The Morgan fingerprint density at radius 1 is 1.16 bits per heavy atom. The van der Waals surface area contributed by atoms with Crippen LogP contribution < -0.4 is 5.32 Å². The highest BCUT2D eigenvalue weighted by atomic mass is 16.5. The summed E-state index contributed by atoms with van der Waals surface area (Å²) in [6, 6.07) is 10.2. The van der Waals surface area contributed by atoms with Gasteiger partial charge in [0.05, 0.1) is 0 Å². The summed E-state index contributed by atoms with van der Waals surface area (Å²) in [5.74, 6) is 0. The maximum absolute atomic E-state index is 8.78. The maximum Gasteiger partial charge on any atom is 0.164 e. The van der Waals surface area contributed by atoms with E-state index in [9.17, 15) is 0 Å². The highest BCUT2D eigenvalue weighted by Crippen LogP contribution is 2.20. The van der Waals surface area contributed by atoms with Crippen LogP contribution in [-0.4, -0.2) is 28.0 Å². The number of pyridine rings is 1. The quantitative estimate of drug-likeness (QED) is 0.710. The molecule has 0 bridgehead atoms. The predicted octanol–water partition coefficient (Wildman–Crippen LogP) is 1.46. The smallest absolute Gasteiger partial charge is 0.164 e. The Hall–Kier alpha value is -1.75. The summed E-state index contributed by atoms with van der Waals surface area (Å²) in [6.45, 7) is 2.78. The Kier molecular flexibility index (Phi) is 4.63. The van der Waals surface area contributed by atoms with Crippen molar-refractivity contribution in [3.63, 3.8) is 0 Å². The molecule has 0 radical (unpaired) electrons. The molecule has 0 fully saturated rings. The number of aliphatic hydroxyl groups excluding tert-OH is 1. The van der Waals surface area contributed by atoms with Crippen molar-refractivity contribution < 1.29 is 10.2 Å². The molecule has 0 unspecified atom stereocenters. The van der Waals surface area contributed by atoms with Gasteiger partial charge in [-0.1, -0.05) is 18.2 Å². The van der Waals surface area contributed by atoms with E-state index in [2.05, 4.69) is 22.4 Å². The fraction of sp³-hybridized carbons (Fsp3) is 0.267. The minimum Gasteiger partial charge on any atom is -0.367 e. The van der Waals surface area contributed by atoms with E-state index in [0.29, 0.717) is 6.54 Å². The number of rotatable bonds is 5. The van der Waals surface area contributed by atoms with Gasteiger partial charge in [0.25, 0.3) is 0 Å². The predicted molar refractivity (Wildman–Crippen MR) is 74.3 cm³/mol. The molecule has 0 saturated heterocycles. The molecule has 0 atom stereocenters. The zero-order valence-corrected chi connectivity index (χ0v) is 10.9. The van der Waals surface area contributed by atoms with Crippen LogP contribution in [0.25, 0.3) is 11.1 Å². The van der Waals surface area contributed by atoms with E-state index in [0.717, 1.165) is 22.3 Å². The van der Waals surface area contributed by atoms with E-state index in [1.807, 2.05) is 37.5 Å². The first kappa shape index (κ1) is 13.7. The lowest BCUT2D eigenvalue weighted by Crippen LogP contribution is -2.25. The van der Waals surface area contributed by atoms with Crippen LogP contribution in [0.2, 0.25) is 0 Å². The molecule has 19 heavy (non-hydrogen) atoms. The normalized spacial score (nSPS) is 10.9. The second kappa shape index (κ2) is 6.43. The third kappa shape index (κ3) is 4.13. The van der Waals surface area contributed by atoms with Gasteiger partial charge in [-0.3, -0.25) is 4.98 Å². The molecule has 0 aliphatic rings.